The molecule has 0 aliphatic carbocycles. The lowest BCUT2D eigenvalue weighted by Crippen LogP contribution is -2.36. The molecule has 0 amide bonds. The number of likely N-dealkylation sites (tertiary alicyclic amines) is 1. The first-order chi connectivity index (χ1) is 8.15. The van der Waals surface area contributed by atoms with Gasteiger partial charge in [0, 0.05) is 4.47 Å². The molecular weight excluding hydrogens is 282 g/mol. The van der Waals surface area contributed by atoms with Gasteiger partial charge in [-0.2, -0.15) is 0 Å². The lowest BCUT2D eigenvalue weighted by molar-refractivity contribution is -0.138. The van der Waals surface area contributed by atoms with Crippen LogP contribution in [0.15, 0.2) is 28.7 Å². The van der Waals surface area contributed by atoms with Crippen molar-refractivity contribution < 1.29 is 9.90 Å². The van der Waals surface area contributed by atoms with Crippen LogP contribution >= 0.6 is 15.9 Å². The number of halogens is 1. The van der Waals surface area contributed by atoms with Gasteiger partial charge >= 0.3 is 5.97 Å². The molecule has 1 aromatic rings. The van der Waals surface area contributed by atoms with Gasteiger partial charge in [-0.25, -0.2) is 0 Å². The van der Waals surface area contributed by atoms with Crippen molar-refractivity contribution in [2.24, 2.45) is 0 Å². The van der Waals surface area contributed by atoms with Crippen molar-refractivity contribution in [2.45, 2.75) is 18.8 Å². The second-order valence-electron chi connectivity index (χ2n) is 4.50. The molecule has 1 aliphatic rings. The second-order valence-corrected chi connectivity index (χ2v) is 5.41. The third-order valence-corrected chi connectivity index (χ3v) is 3.76. The minimum atomic E-state index is -0.731. The quantitative estimate of drug-likeness (QED) is 0.932. The fourth-order valence-electron chi connectivity index (χ4n) is 2.38. The predicted octanol–water partition coefficient (Wildman–Crippen LogP) is 2.71. The molecule has 1 heterocycles. The fourth-order valence-corrected chi connectivity index (χ4v) is 2.79. The number of hydrogen-bond acceptors (Lipinski definition) is 2. The topological polar surface area (TPSA) is 40.5 Å². The lowest BCUT2D eigenvalue weighted by Gasteiger charge is -2.31. The molecule has 1 aliphatic heterocycles. The number of hydrogen-bond donors (Lipinski definition) is 1. The summed E-state index contributed by atoms with van der Waals surface area (Å²) >= 11 is 3.49. The number of nitrogens with zero attached hydrogens (tertiary/aromatic N) is 1. The van der Waals surface area contributed by atoms with Crippen LogP contribution in [0.3, 0.4) is 0 Å². The Kier molecular flexibility index (Phi) is 4.18. The van der Waals surface area contributed by atoms with Crippen molar-refractivity contribution >= 4 is 21.9 Å². The highest BCUT2D eigenvalue weighted by molar-refractivity contribution is 9.10. The zero-order valence-corrected chi connectivity index (χ0v) is 11.2. The maximum absolute atomic E-state index is 10.6. The van der Waals surface area contributed by atoms with Crippen LogP contribution in [0.2, 0.25) is 0 Å². The highest BCUT2D eigenvalue weighted by atomic mass is 79.9. The van der Waals surface area contributed by atoms with Gasteiger partial charge in [0.15, 0.2) is 0 Å². The molecule has 4 heteroatoms. The molecule has 17 heavy (non-hydrogen) atoms. The monoisotopic (exact) mass is 297 g/mol. The Balaban J connectivity index is 1.93. The number of piperidine rings is 1. The van der Waals surface area contributed by atoms with E-state index in [9.17, 15) is 4.79 Å². The van der Waals surface area contributed by atoms with E-state index >= 15 is 0 Å². The number of carboxylic acids is 1. The second kappa shape index (κ2) is 5.65. The molecule has 0 unspecified atom stereocenters. The molecule has 0 atom stereocenters. The van der Waals surface area contributed by atoms with Gasteiger partial charge in [0.1, 0.15) is 0 Å². The summed E-state index contributed by atoms with van der Waals surface area (Å²) in [6.45, 7) is 1.93. The van der Waals surface area contributed by atoms with Gasteiger partial charge < -0.3 is 5.11 Å². The summed E-state index contributed by atoms with van der Waals surface area (Å²) in [6.07, 6.45) is 2.09. The van der Waals surface area contributed by atoms with E-state index in [1.54, 1.807) is 0 Å². The summed E-state index contributed by atoms with van der Waals surface area (Å²) < 4.78 is 1.11. The van der Waals surface area contributed by atoms with E-state index in [4.69, 9.17) is 5.11 Å². The number of benzene rings is 1. The highest BCUT2D eigenvalue weighted by Crippen LogP contribution is 2.29. The van der Waals surface area contributed by atoms with E-state index in [0.29, 0.717) is 5.92 Å². The summed E-state index contributed by atoms with van der Waals surface area (Å²) in [4.78, 5) is 12.6. The Labute approximate surface area is 110 Å². The van der Waals surface area contributed by atoms with Crippen LogP contribution in [-0.2, 0) is 4.79 Å². The van der Waals surface area contributed by atoms with Crippen LogP contribution in [0.4, 0.5) is 0 Å². The number of aliphatic carboxylic acids is 1. The molecule has 0 bridgehead atoms. The summed E-state index contributed by atoms with van der Waals surface area (Å²) in [5.41, 5.74) is 1.36. The molecule has 92 valence electrons. The average Bonchev–Trinajstić information content (AvgIpc) is 2.29. The molecule has 1 fully saturated rings. The first-order valence-electron chi connectivity index (χ1n) is 5.85. The number of carbonyl (C=O) groups is 1. The Morgan fingerprint density at radius 2 is 2.12 bits per heavy atom. The maximum Gasteiger partial charge on any atom is 0.317 e. The standard InChI is InChI=1S/C13H16BrNO2/c14-12-3-1-2-11(8-12)10-4-6-15(7-5-10)9-13(16)17/h1-3,8,10H,4-7,9H2,(H,16,17). The molecule has 2 rings (SSSR count). The largest absolute Gasteiger partial charge is 0.480 e. The van der Waals surface area contributed by atoms with E-state index in [1.165, 1.54) is 5.56 Å². The van der Waals surface area contributed by atoms with Gasteiger partial charge in [0.25, 0.3) is 0 Å². The molecule has 1 N–H and O–H groups in total. The van der Waals surface area contributed by atoms with E-state index in [2.05, 4.69) is 34.1 Å². The van der Waals surface area contributed by atoms with Gasteiger partial charge in [-0.3, -0.25) is 9.69 Å². The highest BCUT2D eigenvalue weighted by Gasteiger charge is 2.21. The summed E-state index contributed by atoms with van der Waals surface area (Å²) in [7, 11) is 0. The van der Waals surface area contributed by atoms with Crippen LogP contribution in [0, 0.1) is 0 Å². The van der Waals surface area contributed by atoms with E-state index in [0.717, 1.165) is 30.4 Å². The zero-order valence-electron chi connectivity index (χ0n) is 9.60. The van der Waals surface area contributed by atoms with E-state index in [1.807, 2.05) is 11.0 Å². The lowest BCUT2D eigenvalue weighted by atomic mass is 9.89. The minimum absolute atomic E-state index is 0.172. The SMILES string of the molecule is O=C(O)CN1CCC(c2cccc(Br)c2)CC1. The summed E-state index contributed by atoms with van der Waals surface area (Å²) in [6, 6.07) is 8.41. The van der Waals surface area contributed by atoms with Gasteiger partial charge in [-0.05, 0) is 49.5 Å². The molecule has 0 spiro atoms. The molecule has 1 saturated heterocycles. The molecule has 0 radical (unpaired) electrons. The fraction of sp³-hybridized carbons (Fsp3) is 0.462. The van der Waals surface area contributed by atoms with Crippen LogP contribution in [-0.4, -0.2) is 35.6 Å². The number of rotatable bonds is 3. The van der Waals surface area contributed by atoms with Crippen molar-refractivity contribution in [3.8, 4) is 0 Å². The molecule has 0 aromatic heterocycles. The zero-order chi connectivity index (χ0) is 12.3. The average molecular weight is 298 g/mol. The van der Waals surface area contributed by atoms with E-state index in [-0.39, 0.29) is 6.54 Å². The summed E-state index contributed by atoms with van der Waals surface area (Å²) in [5.74, 6) is -0.163. The van der Waals surface area contributed by atoms with Crippen LogP contribution < -0.4 is 0 Å². The minimum Gasteiger partial charge on any atom is -0.480 e. The molecule has 3 nitrogen and oxygen atoms in total. The third kappa shape index (κ3) is 3.54. The molecule has 0 saturated carbocycles. The summed E-state index contributed by atoms with van der Waals surface area (Å²) in [5, 5.41) is 8.74. The number of carboxylic acid groups (broad SMARTS) is 1. The first-order valence-corrected chi connectivity index (χ1v) is 6.64. The third-order valence-electron chi connectivity index (χ3n) is 3.27. The van der Waals surface area contributed by atoms with Crippen molar-refractivity contribution in [2.75, 3.05) is 19.6 Å². The van der Waals surface area contributed by atoms with Gasteiger partial charge in [0.2, 0.25) is 0 Å². The van der Waals surface area contributed by atoms with Crippen LogP contribution in [0.1, 0.15) is 24.3 Å². The van der Waals surface area contributed by atoms with Crippen molar-refractivity contribution in [3.05, 3.63) is 34.3 Å². The van der Waals surface area contributed by atoms with Crippen LogP contribution in [0.5, 0.6) is 0 Å². The molecular formula is C13H16BrNO2. The first kappa shape index (κ1) is 12.6. The molecule has 1 aromatic carbocycles. The Hall–Kier alpha value is -0.870. The van der Waals surface area contributed by atoms with Crippen molar-refractivity contribution in [1.29, 1.82) is 0 Å². The predicted molar refractivity (Wildman–Crippen MR) is 70.2 cm³/mol. The van der Waals surface area contributed by atoms with Gasteiger partial charge in [-0.15, -0.1) is 0 Å². The van der Waals surface area contributed by atoms with Gasteiger partial charge in [-0.1, -0.05) is 28.1 Å². The van der Waals surface area contributed by atoms with E-state index < -0.39 is 5.97 Å². The Morgan fingerprint density at radius 1 is 1.41 bits per heavy atom. The Morgan fingerprint density at radius 3 is 2.71 bits per heavy atom. The van der Waals surface area contributed by atoms with Gasteiger partial charge in [0.05, 0.1) is 6.54 Å². The normalized spacial score (nSPS) is 18.2. The van der Waals surface area contributed by atoms with Crippen LogP contribution in [0.25, 0.3) is 0 Å². The Bertz CT molecular complexity index is 400. The maximum atomic E-state index is 10.6. The van der Waals surface area contributed by atoms with Crippen molar-refractivity contribution in [1.82, 2.24) is 4.90 Å². The smallest absolute Gasteiger partial charge is 0.317 e. The van der Waals surface area contributed by atoms with Crippen molar-refractivity contribution in [3.63, 3.8) is 0 Å².